The second-order valence-corrected chi connectivity index (χ2v) is 3.70. The van der Waals surface area contributed by atoms with E-state index in [2.05, 4.69) is 0 Å². The Morgan fingerprint density at radius 3 is 2.38 bits per heavy atom. The Morgan fingerprint density at radius 1 is 1.19 bits per heavy atom. The van der Waals surface area contributed by atoms with Crippen molar-refractivity contribution in [3.63, 3.8) is 0 Å². The fraction of sp³-hybridized carbons (Fsp3) is 0.200. The first-order valence-corrected chi connectivity index (χ1v) is 4.66. The van der Waals surface area contributed by atoms with E-state index in [0.717, 1.165) is 11.8 Å². The minimum absolute atomic E-state index is 0. The van der Waals surface area contributed by atoms with Gasteiger partial charge >= 0.3 is 58.4 Å². The molecular weight excluding hydrogens is 241 g/mol. The quantitative estimate of drug-likeness (QED) is 0.605. The van der Waals surface area contributed by atoms with Crippen molar-refractivity contribution in [2.45, 2.75) is 6.92 Å². The second kappa shape index (κ2) is 4.86. The number of rotatable bonds is 1. The molecule has 0 aliphatic rings. The Balaban J connectivity index is 0.00000128. The van der Waals surface area contributed by atoms with Gasteiger partial charge in [0.2, 0.25) is 0 Å². The number of para-hydroxylation sites is 1. The van der Waals surface area contributed by atoms with Gasteiger partial charge in [-0.15, -0.1) is 0 Å². The zero-order valence-electron chi connectivity index (χ0n) is 9.47. The summed E-state index contributed by atoms with van der Waals surface area (Å²) >= 11 is 0. The zero-order chi connectivity index (χ0) is 11.2. The summed E-state index contributed by atoms with van der Waals surface area (Å²) in [6.07, 6.45) is 0. The Morgan fingerprint density at radius 2 is 1.81 bits per heavy atom. The fourth-order valence-corrected chi connectivity index (χ4v) is 1.85. The van der Waals surface area contributed by atoms with Crippen LogP contribution in [0.5, 0.6) is 0 Å². The molecule has 0 spiro atoms. The molecule has 0 aliphatic carbocycles. The third-order valence-corrected chi connectivity index (χ3v) is 2.68. The van der Waals surface area contributed by atoms with Gasteiger partial charge < -0.3 is 17.5 Å². The molecule has 0 amide bonds. The molecule has 0 atom stereocenters. The number of hydrogen-bond acceptors (Lipinski definition) is 0. The van der Waals surface area contributed by atoms with E-state index in [4.69, 9.17) is 0 Å². The second-order valence-electron chi connectivity index (χ2n) is 3.70. The summed E-state index contributed by atoms with van der Waals surface area (Å²) in [5, 5.41) is 0.645. The van der Waals surface area contributed by atoms with Crippen LogP contribution < -0.4 is 56.8 Å². The number of halogens is 3. The van der Waals surface area contributed by atoms with Crippen molar-refractivity contribution >= 4 is 23.3 Å². The van der Waals surface area contributed by atoms with Crippen molar-refractivity contribution in [2.75, 3.05) is 0 Å². The summed E-state index contributed by atoms with van der Waals surface area (Å²) < 4.78 is 39.9. The maximum absolute atomic E-state index is 12.8. The van der Waals surface area contributed by atoms with Gasteiger partial charge in [0.05, 0.1) is 0 Å². The molecular formula is C10H10BF3KN. The van der Waals surface area contributed by atoms with Crippen LogP contribution in [0.4, 0.5) is 12.9 Å². The van der Waals surface area contributed by atoms with Crippen LogP contribution in [-0.4, -0.2) is 11.5 Å². The molecule has 0 saturated carbocycles. The summed E-state index contributed by atoms with van der Waals surface area (Å²) in [4.78, 5) is 0. The van der Waals surface area contributed by atoms with Gasteiger partial charge in [0.25, 0.3) is 0 Å². The number of hydrogen-bond donors (Lipinski definition) is 0. The summed E-state index contributed by atoms with van der Waals surface area (Å²) in [7, 11) is 1.66. The predicted octanol–water partition coefficient (Wildman–Crippen LogP) is -0.455. The molecule has 0 fully saturated rings. The van der Waals surface area contributed by atoms with Gasteiger partial charge in [0.15, 0.2) is 0 Å². The molecule has 6 heteroatoms. The molecule has 0 N–H and O–H groups in total. The van der Waals surface area contributed by atoms with Crippen LogP contribution in [0.2, 0.25) is 0 Å². The van der Waals surface area contributed by atoms with Crippen LogP contribution in [0, 0.1) is 6.92 Å². The molecule has 0 radical (unpaired) electrons. The third-order valence-electron chi connectivity index (χ3n) is 2.68. The third kappa shape index (κ3) is 2.41. The zero-order valence-corrected chi connectivity index (χ0v) is 12.6. The SMILES string of the molecule is Cc1cc2cccc([B-](F)(F)F)c2n1C.[K+]. The molecule has 1 aromatic heterocycles. The normalized spacial score (nSPS) is 11.6. The molecule has 2 aromatic rings. The van der Waals surface area contributed by atoms with Gasteiger partial charge in [-0.05, 0) is 18.4 Å². The monoisotopic (exact) mass is 251 g/mol. The van der Waals surface area contributed by atoms with E-state index in [0.29, 0.717) is 5.39 Å². The summed E-state index contributed by atoms with van der Waals surface area (Å²) in [6.45, 7) is -3.14. The van der Waals surface area contributed by atoms with E-state index >= 15 is 0 Å². The van der Waals surface area contributed by atoms with Crippen LogP contribution in [-0.2, 0) is 7.05 Å². The van der Waals surface area contributed by atoms with Gasteiger partial charge in [0, 0.05) is 18.3 Å². The molecule has 1 aromatic carbocycles. The van der Waals surface area contributed by atoms with Crippen molar-refractivity contribution in [3.05, 3.63) is 30.0 Å². The maximum Gasteiger partial charge on any atom is 1.00 e. The number of aryl methyl sites for hydroxylation is 2. The minimum Gasteiger partial charge on any atom is -0.445 e. The molecule has 0 unspecified atom stereocenters. The van der Waals surface area contributed by atoms with Gasteiger partial charge in [-0.1, -0.05) is 23.7 Å². The predicted molar refractivity (Wildman–Crippen MR) is 56.4 cm³/mol. The largest absolute Gasteiger partial charge is 1.00 e. The first-order valence-electron chi connectivity index (χ1n) is 4.66. The first-order chi connectivity index (χ1) is 6.91. The average molecular weight is 251 g/mol. The molecule has 0 saturated heterocycles. The Hall–Kier alpha value is 0.251. The molecule has 2 rings (SSSR count). The van der Waals surface area contributed by atoms with Crippen LogP contribution in [0.3, 0.4) is 0 Å². The van der Waals surface area contributed by atoms with Crippen molar-refractivity contribution in [2.24, 2.45) is 7.05 Å². The van der Waals surface area contributed by atoms with Gasteiger partial charge in [-0.3, -0.25) is 0 Å². The van der Waals surface area contributed by atoms with E-state index in [1.54, 1.807) is 30.7 Å². The Kier molecular flexibility index (Phi) is 4.35. The molecule has 0 aliphatic heterocycles. The number of nitrogens with zero attached hydrogens (tertiary/aromatic N) is 1. The van der Waals surface area contributed by atoms with Gasteiger partial charge in [-0.25, -0.2) is 0 Å². The van der Waals surface area contributed by atoms with Gasteiger partial charge in [0.1, 0.15) is 0 Å². The van der Waals surface area contributed by atoms with E-state index in [-0.39, 0.29) is 56.9 Å². The standard InChI is InChI=1S/C10H10BF3N.K/c1-7-6-8-4-3-5-9(11(12,13)14)10(8)15(7)2;/h3-6H,1-2H3;/q-1;+1. The van der Waals surface area contributed by atoms with Crippen molar-refractivity contribution in [1.29, 1.82) is 0 Å². The van der Waals surface area contributed by atoms with E-state index < -0.39 is 12.4 Å². The molecule has 16 heavy (non-hydrogen) atoms. The minimum atomic E-state index is -4.94. The summed E-state index contributed by atoms with van der Waals surface area (Å²) in [5.74, 6) is 0. The van der Waals surface area contributed by atoms with Crippen LogP contribution in [0.1, 0.15) is 5.69 Å². The fourth-order valence-electron chi connectivity index (χ4n) is 1.85. The van der Waals surface area contributed by atoms with Crippen LogP contribution in [0.25, 0.3) is 10.9 Å². The number of benzene rings is 1. The van der Waals surface area contributed by atoms with E-state index in [9.17, 15) is 12.9 Å². The Bertz CT molecular complexity index is 518. The van der Waals surface area contributed by atoms with Crippen LogP contribution in [0.15, 0.2) is 24.3 Å². The van der Waals surface area contributed by atoms with Crippen molar-refractivity contribution in [1.82, 2.24) is 4.57 Å². The Labute approximate surface area is 134 Å². The maximum atomic E-state index is 12.8. The van der Waals surface area contributed by atoms with E-state index in [1.165, 1.54) is 6.07 Å². The molecule has 80 valence electrons. The summed E-state index contributed by atoms with van der Waals surface area (Å²) in [6, 6.07) is 6.06. The van der Waals surface area contributed by atoms with Crippen LogP contribution >= 0.6 is 0 Å². The number of aromatic nitrogens is 1. The van der Waals surface area contributed by atoms with Crippen molar-refractivity contribution in [3.8, 4) is 0 Å². The smallest absolute Gasteiger partial charge is 0.445 e. The molecule has 1 nitrogen and oxygen atoms in total. The molecule has 1 heterocycles. The van der Waals surface area contributed by atoms with Gasteiger partial charge in [-0.2, -0.15) is 0 Å². The van der Waals surface area contributed by atoms with E-state index in [1.807, 2.05) is 0 Å². The first kappa shape index (κ1) is 14.3. The molecule has 0 bridgehead atoms. The summed E-state index contributed by atoms with van der Waals surface area (Å²) in [5.41, 5.74) is 0.600. The topological polar surface area (TPSA) is 4.93 Å². The van der Waals surface area contributed by atoms with Crippen molar-refractivity contribution < 1.29 is 64.3 Å². The average Bonchev–Trinajstić information content (AvgIpc) is 2.41. The number of fused-ring (bicyclic) bond motifs is 1.